The first-order valence-electron chi connectivity index (χ1n) is 15.1. The Hall–Kier alpha value is -5.88. The Morgan fingerprint density at radius 1 is 0.426 bits per heavy atom. The van der Waals surface area contributed by atoms with E-state index in [9.17, 15) is 17.6 Å². The summed E-state index contributed by atoms with van der Waals surface area (Å²) in [6.45, 7) is 0. The second kappa shape index (κ2) is 12.5. The molecule has 230 valence electrons. The Balaban J connectivity index is 0.000000153. The molecule has 0 bridgehead atoms. The lowest BCUT2D eigenvalue weighted by molar-refractivity contribution is -0.137. The van der Waals surface area contributed by atoms with Gasteiger partial charge in [0, 0.05) is 27.7 Å². The van der Waals surface area contributed by atoms with E-state index in [1.165, 1.54) is 46.0 Å². The van der Waals surface area contributed by atoms with Gasteiger partial charge in [-0.3, -0.25) is 0 Å². The van der Waals surface area contributed by atoms with Gasteiger partial charge in [0.1, 0.15) is 5.82 Å². The van der Waals surface area contributed by atoms with Crippen LogP contribution in [0.15, 0.2) is 170 Å². The molecule has 2 nitrogen and oxygen atoms in total. The second-order valence-electron chi connectivity index (χ2n) is 11.1. The van der Waals surface area contributed by atoms with E-state index in [-0.39, 0.29) is 5.82 Å². The van der Waals surface area contributed by atoms with Gasteiger partial charge in [-0.05, 0) is 78.4 Å². The minimum absolute atomic E-state index is 0.386. The average molecular weight is 625 g/mol. The fourth-order valence-electron chi connectivity index (χ4n) is 5.93. The number of nitrogens with zero attached hydrogens (tertiary/aromatic N) is 2. The standard InChI is InChI=1S/C21H13F4N.C20H15N/c22-18-7-3-2-6-17(18)20-13-14-5-1-4-8-19(14)26(20)16-11-9-15(10-12-16)21(23,24)25;1-3-9-16(10-4-1)20-15-17-11-7-8-14-19(17)21(20)18-12-5-2-6-13-18/h1-13H;1-15H. The van der Waals surface area contributed by atoms with Crippen LogP contribution in [0.3, 0.4) is 0 Å². The van der Waals surface area contributed by atoms with Crippen LogP contribution >= 0.6 is 0 Å². The molecule has 0 unspecified atom stereocenters. The third-order valence-corrected chi connectivity index (χ3v) is 8.11. The molecule has 0 spiro atoms. The summed E-state index contributed by atoms with van der Waals surface area (Å²) in [5.74, 6) is -0.386. The summed E-state index contributed by atoms with van der Waals surface area (Å²) in [7, 11) is 0. The topological polar surface area (TPSA) is 9.86 Å². The monoisotopic (exact) mass is 624 g/mol. The van der Waals surface area contributed by atoms with Gasteiger partial charge < -0.3 is 9.13 Å². The number of halogens is 4. The number of hydrogen-bond acceptors (Lipinski definition) is 0. The lowest BCUT2D eigenvalue weighted by atomic mass is 10.1. The molecule has 0 saturated carbocycles. The maximum atomic E-state index is 14.4. The van der Waals surface area contributed by atoms with E-state index < -0.39 is 11.7 Å². The van der Waals surface area contributed by atoms with Crippen LogP contribution < -0.4 is 0 Å². The smallest absolute Gasteiger partial charge is 0.309 e. The number of para-hydroxylation sites is 3. The number of alkyl halides is 3. The fraction of sp³-hybridized carbons (Fsp3) is 0.0244. The Bertz CT molecular complexity index is 2280. The van der Waals surface area contributed by atoms with Crippen molar-refractivity contribution in [3.8, 4) is 33.9 Å². The van der Waals surface area contributed by atoms with Gasteiger partial charge in [-0.1, -0.05) is 97.1 Å². The Labute approximate surface area is 269 Å². The highest BCUT2D eigenvalue weighted by Gasteiger charge is 2.30. The van der Waals surface area contributed by atoms with Gasteiger partial charge in [0.15, 0.2) is 0 Å². The summed E-state index contributed by atoms with van der Waals surface area (Å²) < 4.78 is 57.0. The van der Waals surface area contributed by atoms with Crippen molar-refractivity contribution in [2.24, 2.45) is 0 Å². The Morgan fingerprint density at radius 2 is 0.894 bits per heavy atom. The van der Waals surface area contributed by atoms with Crippen molar-refractivity contribution < 1.29 is 17.6 Å². The molecule has 8 rings (SSSR count). The molecule has 0 aliphatic rings. The van der Waals surface area contributed by atoms with Crippen LogP contribution in [0, 0.1) is 5.82 Å². The van der Waals surface area contributed by atoms with E-state index in [0.29, 0.717) is 16.9 Å². The van der Waals surface area contributed by atoms with Crippen LogP contribution in [-0.2, 0) is 6.18 Å². The first-order valence-corrected chi connectivity index (χ1v) is 15.1. The summed E-state index contributed by atoms with van der Waals surface area (Å²) in [5.41, 5.74) is 6.49. The van der Waals surface area contributed by atoms with E-state index in [2.05, 4.69) is 95.6 Å². The zero-order chi connectivity index (χ0) is 32.4. The summed E-state index contributed by atoms with van der Waals surface area (Å²) in [6, 6.07) is 52.4. The lowest BCUT2D eigenvalue weighted by Gasteiger charge is -2.13. The largest absolute Gasteiger partial charge is 0.416 e. The highest BCUT2D eigenvalue weighted by Crippen LogP contribution is 2.35. The number of rotatable bonds is 4. The van der Waals surface area contributed by atoms with E-state index in [0.717, 1.165) is 23.0 Å². The third kappa shape index (κ3) is 5.93. The van der Waals surface area contributed by atoms with Crippen molar-refractivity contribution >= 4 is 21.8 Å². The van der Waals surface area contributed by atoms with Crippen molar-refractivity contribution in [2.75, 3.05) is 0 Å². The molecule has 6 heteroatoms. The molecule has 2 aromatic heterocycles. The van der Waals surface area contributed by atoms with Gasteiger partial charge in [0.05, 0.1) is 28.0 Å². The molecule has 0 fully saturated rings. The summed E-state index contributed by atoms with van der Waals surface area (Å²) in [5, 5.41) is 2.14. The molecule has 0 atom stereocenters. The van der Waals surface area contributed by atoms with Gasteiger partial charge in [-0.25, -0.2) is 4.39 Å². The molecule has 0 N–H and O–H groups in total. The van der Waals surface area contributed by atoms with Gasteiger partial charge >= 0.3 is 6.18 Å². The van der Waals surface area contributed by atoms with Crippen molar-refractivity contribution in [3.05, 3.63) is 181 Å². The minimum atomic E-state index is -4.40. The fourth-order valence-corrected chi connectivity index (χ4v) is 5.93. The molecule has 6 aromatic carbocycles. The van der Waals surface area contributed by atoms with Crippen molar-refractivity contribution in [3.63, 3.8) is 0 Å². The van der Waals surface area contributed by atoms with Gasteiger partial charge in [-0.2, -0.15) is 13.2 Å². The summed E-state index contributed by atoms with van der Waals surface area (Å²) in [6.07, 6.45) is -4.40. The van der Waals surface area contributed by atoms with Crippen LogP contribution in [0.25, 0.3) is 55.7 Å². The molecule has 47 heavy (non-hydrogen) atoms. The molecule has 0 aliphatic carbocycles. The third-order valence-electron chi connectivity index (χ3n) is 8.11. The predicted octanol–water partition coefficient (Wildman–Crippen LogP) is 11.8. The van der Waals surface area contributed by atoms with Crippen molar-refractivity contribution in [1.29, 1.82) is 0 Å². The predicted molar refractivity (Wildman–Crippen MR) is 182 cm³/mol. The molecular weight excluding hydrogens is 596 g/mol. The normalized spacial score (nSPS) is 11.4. The van der Waals surface area contributed by atoms with Crippen molar-refractivity contribution in [2.45, 2.75) is 6.18 Å². The Morgan fingerprint density at radius 3 is 1.49 bits per heavy atom. The highest BCUT2D eigenvalue weighted by molar-refractivity contribution is 5.90. The van der Waals surface area contributed by atoms with E-state index in [4.69, 9.17) is 0 Å². The molecular formula is C41H28F4N2. The average Bonchev–Trinajstić information content (AvgIpc) is 3.69. The van der Waals surface area contributed by atoms with Crippen LogP contribution in [-0.4, -0.2) is 9.13 Å². The van der Waals surface area contributed by atoms with Crippen LogP contribution in [0.5, 0.6) is 0 Å². The molecule has 0 radical (unpaired) electrons. The van der Waals surface area contributed by atoms with Crippen molar-refractivity contribution in [1.82, 2.24) is 9.13 Å². The molecule has 8 aromatic rings. The quantitative estimate of drug-likeness (QED) is 0.172. The van der Waals surface area contributed by atoms with Gasteiger partial charge in [0.25, 0.3) is 0 Å². The number of hydrogen-bond donors (Lipinski definition) is 0. The summed E-state index contributed by atoms with van der Waals surface area (Å²) in [4.78, 5) is 0. The molecule has 0 aliphatic heterocycles. The number of aromatic nitrogens is 2. The maximum Gasteiger partial charge on any atom is 0.416 e. The maximum absolute atomic E-state index is 14.4. The van der Waals surface area contributed by atoms with E-state index in [1.54, 1.807) is 22.8 Å². The summed E-state index contributed by atoms with van der Waals surface area (Å²) >= 11 is 0. The van der Waals surface area contributed by atoms with Crippen LogP contribution in [0.4, 0.5) is 17.6 Å². The molecule has 0 amide bonds. The van der Waals surface area contributed by atoms with Gasteiger partial charge in [-0.15, -0.1) is 0 Å². The molecule has 2 heterocycles. The SMILES string of the molecule is Fc1ccccc1-c1cc2ccccc2n1-c1ccc(C(F)(F)F)cc1.c1ccc(-c2cc3ccccc3n2-c2ccccc2)cc1. The van der Waals surface area contributed by atoms with Gasteiger partial charge in [0.2, 0.25) is 0 Å². The zero-order valence-electron chi connectivity index (χ0n) is 25.1. The second-order valence-corrected chi connectivity index (χ2v) is 11.1. The number of fused-ring (bicyclic) bond motifs is 2. The number of benzene rings is 6. The zero-order valence-corrected chi connectivity index (χ0v) is 25.1. The first kappa shape index (κ1) is 29.8. The van der Waals surface area contributed by atoms with Crippen LogP contribution in [0.1, 0.15) is 5.56 Å². The minimum Gasteiger partial charge on any atom is -0.309 e. The van der Waals surface area contributed by atoms with E-state index >= 15 is 0 Å². The lowest BCUT2D eigenvalue weighted by Crippen LogP contribution is -2.05. The van der Waals surface area contributed by atoms with Crippen LogP contribution in [0.2, 0.25) is 0 Å². The highest BCUT2D eigenvalue weighted by atomic mass is 19.4. The molecule has 0 saturated heterocycles. The Kier molecular flexibility index (Phi) is 7.92. The first-order chi connectivity index (χ1) is 22.9. The van der Waals surface area contributed by atoms with E-state index in [1.807, 2.05) is 30.3 Å².